The SMILES string of the molecule is O=C([O-])C1CCC(C(=O)[O-])C1(C(=O)[O-])C(=O)[O-].[Ca+2].[Ca+2]. The van der Waals surface area contributed by atoms with Crippen molar-refractivity contribution in [3.63, 3.8) is 0 Å². The molecule has 94 valence electrons. The second-order valence-electron chi connectivity index (χ2n) is 3.76. The van der Waals surface area contributed by atoms with E-state index in [2.05, 4.69) is 0 Å². The van der Waals surface area contributed by atoms with Crippen LogP contribution < -0.4 is 20.4 Å². The van der Waals surface area contributed by atoms with Crippen molar-refractivity contribution in [3.8, 4) is 0 Å². The number of carbonyl (C=O) groups excluding carboxylic acids is 4. The molecule has 0 bridgehead atoms. The topological polar surface area (TPSA) is 161 Å². The number of carboxylic acid groups (broad SMARTS) is 4. The van der Waals surface area contributed by atoms with Crippen molar-refractivity contribution in [2.75, 3.05) is 0 Å². The molecule has 0 aliphatic heterocycles. The van der Waals surface area contributed by atoms with Crippen molar-refractivity contribution in [2.45, 2.75) is 12.8 Å². The molecular weight excluding hydrogens is 316 g/mol. The molecule has 0 aromatic heterocycles. The molecule has 0 aromatic carbocycles. The number of carbonyl (C=O) groups is 4. The summed E-state index contributed by atoms with van der Waals surface area (Å²) in [5.41, 5.74) is -3.14. The summed E-state index contributed by atoms with van der Waals surface area (Å²) in [6.45, 7) is 0. The summed E-state index contributed by atoms with van der Waals surface area (Å²) < 4.78 is 0. The molecule has 0 amide bonds. The van der Waals surface area contributed by atoms with Crippen LogP contribution in [0.2, 0.25) is 0 Å². The largest absolute Gasteiger partial charge is 2.00 e. The molecule has 1 aliphatic rings. The zero-order valence-electron chi connectivity index (χ0n) is 9.75. The van der Waals surface area contributed by atoms with E-state index in [4.69, 9.17) is 0 Å². The minimum atomic E-state index is -3.14. The molecule has 0 spiro atoms. The van der Waals surface area contributed by atoms with Gasteiger partial charge >= 0.3 is 75.5 Å². The first kappa shape index (κ1) is 21.7. The van der Waals surface area contributed by atoms with Crippen LogP contribution in [0.1, 0.15) is 12.8 Å². The Morgan fingerprint density at radius 2 is 1.00 bits per heavy atom. The first-order valence-electron chi connectivity index (χ1n) is 4.60. The fourth-order valence-electron chi connectivity index (χ4n) is 2.29. The van der Waals surface area contributed by atoms with Gasteiger partial charge in [-0.2, -0.15) is 0 Å². The smallest absolute Gasteiger partial charge is 0.550 e. The minimum Gasteiger partial charge on any atom is -0.550 e. The summed E-state index contributed by atoms with van der Waals surface area (Å²) in [7, 11) is 0. The Hall–Kier alpha value is 0.399. The molecule has 1 aliphatic carbocycles. The van der Waals surface area contributed by atoms with E-state index in [0.717, 1.165) is 0 Å². The predicted molar refractivity (Wildman–Crippen MR) is 50.2 cm³/mol. The van der Waals surface area contributed by atoms with Gasteiger partial charge in [0.05, 0.1) is 17.4 Å². The van der Waals surface area contributed by atoms with Gasteiger partial charge in [-0.1, -0.05) is 0 Å². The van der Waals surface area contributed by atoms with Gasteiger partial charge in [-0.05, 0) is 12.8 Å². The first-order valence-corrected chi connectivity index (χ1v) is 4.60. The molecule has 0 N–H and O–H groups in total. The minimum absolute atomic E-state index is 0. The van der Waals surface area contributed by atoms with Crippen molar-refractivity contribution in [1.82, 2.24) is 0 Å². The van der Waals surface area contributed by atoms with E-state index in [-0.39, 0.29) is 75.5 Å². The predicted octanol–water partition coefficient (Wildman–Crippen LogP) is -6.76. The Morgan fingerprint density at radius 1 is 0.737 bits per heavy atom. The molecular formula is C9H6Ca2O8. The first-order chi connectivity index (χ1) is 7.76. The zero-order chi connectivity index (χ0) is 13.4. The van der Waals surface area contributed by atoms with E-state index in [1.807, 2.05) is 0 Å². The van der Waals surface area contributed by atoms with Crippen molar-refractivity contribution in [2.24, 2.45) is 17.3 Å². The summed E-state index contributed by atoms with van der Waals surface area (Å²) in [5, 5.41) is 43.1. The van der Waals surface area contributed by atoms with Gasteiger partial charge in [0.25, 0.3) is 0 Å². The summed E-state index contributed by atoms with van der Waals surface area (Å²) in [5.74, 6) is -12.6. The van der Waals surface area contributed by atoms with E-state index in [9.17, 15) is 39.6 Å². The average molecular weight is 322 g/mol. The van der Waals surface area contributed by atoms with Crippen LogP contribution in [-0.4, -0.2) is 99.4 Å². The molecule has 2 unspecified atom stereocenters. The maximum Gasteiger partial charge on any atom is 2.00 e. The molecule has 0 heterocycles. The molecule has 1 rings (SSSR count). The van der Waals surface area contributed by atoms with Crippen LogP contribution >= 0.6 is 0 Å². The van der Waals surface area contributed by atoms with Crippen LogP contribution in [0.15, 0.2) is 0 Å². The normalized spacial score (nSPS) is 23.6. The van der Waals surface area contributed by atoms with Crippen molar-refractivity contribution in [3.05, 3.63) is 0 Å². The Labute approximate surface area is 167 Å². The van der Waals surface area contributed by atoms with Crippen LogP contribution in [0.4, 0.5) is 0 Å². The Balaban J connectivity index is 0. The van der Waals surface area contributed by atoms with E-state index in [1.165, 1.54) is 0 Å². The van der Waals surface area contributed by atoms with E-state index >= 15 is 0 Å². The molecule has 2 atom stereocenters. The maximum atomic E-state index is 10.9. The fourth-order valence-corrected chi connectivity index (χ4v) is 2.29. The van der Waals surface area contributed by atoms with Gasteiger partial charge in [0.1, 0.15) is 0 Å². The second-order valence-corrected chi connectivity index (χ2v) is 3.76. The quantitative estimate of drug-likeness (QED) is 0.364. The van der Waals surface area contributed by atoms with Crippen LogP contribution in [-0.2, 0) is 19.2 Å². The second kappa shape index (κ2) is 7.99. The third kappa shape index (κ3) is 3.54. The molecule has 8 nitrogen and oxygen atoms in total. The fraction of sp³-hybridized carbons (Fsp3) is 0.556. The third-order valence-electron chi connectivity index (χ3n) is 3.09. The molecule has 0 aromatic rings. The van der Waals surface area contributed by atoms with E-state index < -0.39 is 54.0 Å². The standard InChI is InChI=1S/C9H10O8.2Ca/c10-5(11)3-1-2-4(6(12)13)9(3,7(14)15)8(16)17;;/h3-4H,1-2H2,(H,10,11)(H,12,13)(H,14,15)(H,16,17);;/q;2*+2/p-4. The summed E-state index contributed by atoms with van der Waals surface area (Å²) in [4.78, 5) is 43.1. The Bertz CT molecular complexity index is 369. The average Bonchev–Trinajstić information content (AvgIpc) is 2.57. The molecule has 0 saturated heterocycles. The van der Waals surface area contributed by atoms with Crippen molar-refractivity contribution < 1.29 is 39.6 Å². The third-order valence-corrected chi connectivity index (χ3v) is 3.09. The summed E-state index contributed by atoms with van der Waals surface area (Å²) >= 11 is 0. The number of aliphatic carboxylic acids is 4. The number of rotatable bonds is 4. The summed E-state index contributed by atoms with van der Waals surface area (Å²) in [6, 6.07) is 0. The monoisotopic (exact) mass is 322 g/mol. The zero-order valence-corrected chi connectivity index (χ0v) is 14.2. The summed E-state index contributed by atoms with van der Waals surface area (Å²) in [6.07, 6.45) is -0.939. The molecule has 0 radical (unpaired) electrons. The Morgan fingerprint density at radius 3 is 1.16 bits per heavy atom. The van der Waals surface area contributed by atoms with E-state index in [0.29, 0.717) is 0 Å². The molecule has 1 saturated carbocycles. The molecule has 1 fully saturated rings. The van der Waals surface area contributed by atoms with E-state index in [1.54, 1.807) is 0 Å². The number of hydrogen-bond acceptors (Lipinski definition) is 8. The van der Waals surface area contributed by atoms with Crippen LogP contribution in [0.25, 0.3) is 0 Å². The van der Waals surface area contributed by atoms with Gasteiger partial charge in [0.15, 0.2) is 0 Å². The van der Waals surface area contributed by atoms with Gasteiger partial charge < -0.3 is 39.6 Å². The van der Waals surface area contributed by atoms with Gasteiger partial charge in [-0.3, -0.25) is 0 Å². The number of hydrogen-bond donors (Lipinski definition) is 0. The van der Waals surface area contributed by atoms with Crippen LogP contribution in [0.3, 0.4) is 0 Å². The van der Waals surface area contributed by atoms with Gasteiger partial charge in [0.2, 0.25) is 0 Å². The molecule has 10 heteroatoms. The maximum absolute atomic E-state index is 10.9. The van der Waals surface area contributed by atoms with Gasteiger partial charge in [-0.15, -0.1) is 0 Å². The van der Waals surface area contributed by atoms with Crippen molar-refractivity contribution >= 4 is 99.4 Å². The van der Waals surface area contributed by atoms with Crippen LogP contribution in [0, 0.1) is 17.3 Å². The Kier molecular flexibility index (Phi) is 9.13. The van der Waals surface area contributed by atoms with Crippen molar-refractivity contribution in [1.29, 1.82) is 0 Å². The van der Waals surface area contributed by atoms with Gasteiger partial charge in [0, 0.05) is 23.8 Å². The van der Waals surface area contributed by atoms with Crippen LogP contribution in [0.5, 0.6) is 0 Å². The van der Waals surface area contributed by atoms with Gasteiger partial charge in [-0.25, -0.2) is 0 Å². The number of carboxylic acids is 4. The molecule has 19 heavy (non-hydrogen) atoms.